The van der Waals surface area contributed by atoms with E-state index in [1.54, 1.807) is 18.2 Å². The molecule has 0 spiro atoms. The summed E-state index contributed by atoms with van der Waals surface area (Å²) >= 11 is 0. The van der Waals surface area contributed by atoms with Gasteiger partial charge in [0.15, 0.2) is 0 Å². The van der Waals surface area contributed by atoms with Crippen LogP contribution in [0, 0.1) is 15.9 Å². The van der Waals surface area contributed by atoms with Crippen LogP contribution >= 0.6 is 0 Å². The number of pyridine rings is 1. The fourth-order valence-electron chi connectivity index (χ4n) is 2.73. The van der Waals surface area contributed by atoms with E-state index in [1.165, 1.54) is 48.2 Å². The van der Waals surface area contributed by atoms with Gasteiger partial charge in [-0.15, -0.1) is 0 Å². The van der Waals surface area contributed by atoms with Gasteiger partial charge in [0.05, 0.1) is 30.3 Å². The van der Waals surface area contributed by atoms with Gasteiger partial charge < -0.3 is 14.6 Å². The summed E-state index contributed by atoms with van der Waals surface area (Å²) in [4.78, 5) is 35.6. The topological polar surface area (TPSA) is 103 Å². The number of nitro groups is 1. The molecule has 2 aromatic carbocycles. The van der Waals surface area contributed by atoms with Gasteiger partial charge in [-0.2, -0.15) is 0 Å². The Kier molecular flexibility index (Phi) is 5.68. The van der Waals surface area contributed by atoms with Crippen LogP contribution in [-0.2, 0) is 6.54 Å². The molecule has 29 heavy (non-hydrogen) atoms. The first-order chi connectivity index (χ1) is 13.9. The van der Waals surface area contributed by atoms with E-state index >= 15 is 0 Å². The number of halogens is 1. The number of hydrogen-bond acceptors (Lipinski definition) is 5. The molecule has 8 nitrogen and oxygen atoms in total. The molecule has 0 radical (unpaired) electrons. The fraction of sp³-hybridized carbons (Fsp3) is 0.100. The van der Waals surface area contributed by atoms with Crippen LogP contribution in [0.25, 0.3) is 0 Å². The van der Waals surface area contributed by atoms with Gasteiger partial charge in [0.2, 0.25) is 0 Å². The van der Waals surface area contributed by atoms with Gasteiger partial charge in [-0.1, -0.05) is 18.2 Å². The quantitative estimate of drug-likeness (QED) is 0.508. The smallest absolute Gasteiger partial charge is 0.273 e. The Bertz CT molecular complexity index is 1140. The molecular weight excluding hydrogens is 381 g/mol. The molecule has 1 N–H and O–H groups in total. The second kappa shape index (κ2) is 8.34. The van der Waals surface area contributed by atoms with Gasteiger partial charge in [-0.05, 0) is 24.3 Å². The molecule has 0 unspecified atom stereocenters. The number of nitrogens with zero attached hydrogens (tertiary/aromatic N) is 2. The van der Waals surface area contributed by atoms with Crippen molar-refractivity contribution in [1.29, 1.82) is 0 Å². The number of carbonyl (C=O) groups excluding carboxylic acids is 1. The maximum absolute atomic E-state index is 13.9. The lowest BCUT2D eigenvalue weighted by molar-refractivity contribution is -0.384. The number of hydrogen-bond donors (Lipinski definition) is 1. The summed E-state index contributed by atoms with van der Waals surface area (Å²) in [7, 11) is 1.30. The van der Waals surface area contributed by atoms with Crippen molar-refractivity contribution in [3.05, 3.63) is 98.2 Å². The van der Waals surface area contributed by atoms with Crippen molar-refractivity contribution in [3.8, 4) is 5.75 Å². The standard InChI is InChI=1S/C20H16FN3O5/c1-29-18-11-14(24(27)28)8-9-17(18)22-19(25)15-6-4-10-23(20(15)26)12-13-5-2-3-7-16(13)21/h2-11H,12H2,1H3,(H,22,25). The lowest BCUT2D eigenvalue weighted by Crippen LogP contribution is -2.29. The van der Waals surface area contributed by atoms with Gasteiger partial charge >= 0.3 is 0 Å². The number of nitro benzene ring substituents is 1. The van der Waals surface area contributed by atoms with E-state index in [9.17, 15) is 24.1 Å². The molecule has 0 atom stereocenters. The zero-order chi connectivity index (χ0) is 21.0. The lowest BCUT2D eigenvalue weighted by Gasteiger charge is -2.11. The Morgan fingerprint density at radius 2 is 1.97 bits per heavy atom. The summed E-state index contributed by atoms with van der Waals surface area (Å²) in [5.41, 5.74) is -0.485. The van der Waals surface area contributed by atoms with E-state index in [-0.39, 0.29) is 29.2 Å². The molecule has 9 heteroatoms. The van der Waals surface area contributed by atoms with E-state index in [0.717, 1.165) is 6.07 Å². The van der Waals surface area contributed by atoms with Gasteiger partial charge in [0.1, 0.15) is 17.1 Å². The second-order valence-corrected chi connectivity index (χ2v) is 6.04. The molecule has 148 valence electrons. The van der Waals surface area contributed by atoms with Crippen LogP contribution in [-0.4, -0.2) is 22.5 Å². The molecule has 0 fully saturated rings. The number of benzene rings is 2. The molecule has 0 aliphatic rings. The van der Waals surface area contributed by atoms with E-state index in [2.05, 4.69) is 5.32 Å². The number of carbonyl (C=O) groups is 1. The monoisotopic (exact) mass is 397 g/mol. The number of ether oxygens (including phenoxy) is 1. The van der Waals surface area contributed by atoms with E-state index < -0.39 is 22.2 Å². The number of nitrogens with one attached hydrogen (secondary N) is 1. The zero-order valence-electron chi connectivity index (χ0n) is 15.3. The van der Waals surface area contributed by atoms with Crippen molar-refractivity contribution in [2.75, 3.05) is 12.4 Å². The minimum Gasteiger partial charge on any atom is -0.494 e. The van der Waals surface area contributed by atoms with Crippen molar-refractivity contribution in [2.24, 2.45) is 0 Å². The highest BCUT2D eigenvalue weighted by Gasteiger charge is 2.17. The van der Waals surface area contributed by atoms with Crippen LogP contribution in [0.4, 0.5) is 15.8 Å². The normalized spacial score (nSPS) is 10.4. The number of non-ortho nitro benzene ring substituents is 1. The number of rotatable bonds is 6. The maximum atomic E-state index is 13.9. The molecule has 0 aliphatic carbocycles. The van der Waals surface area contributed by atoms with Crippen LogP contribution in [0.2, 0.25) is 0 Å². The second-order valence-electron chi connectivity index (χ2n) is 6.04. The molecule has 0 saturated heterocycles. The first kappa shape index (κ1) is 19.7. The summed E-state index contributed by atoms with van der Waals surface area (Å²) in [6.07, 6.45) is 1.46. The highest BCUT2D eigenvalue weighted by Crippen LogP contribution is 2.29. The van der Waals surface area contributed by atoms with Crippen molar-refractivity contribution < 1.29 is 18.8 Å². The zero-order valence-corrected chi connectivity index (χ0v) is 15.3. The number of anilines is 1. The van der Waals surface area contributed by atoms with Crippen molar-refractivity contribution in [2.45, 2.75) is 6.54 Å². The highest BCUT2D eigenvalue weighted by atomic mass is 19.1. The van der Waals surface area contributed by atoms with Crippen LogP contribution in [0.3, 0.4) is 0 Å². The highest BCUT2D eigenvalue weighted by molar-refractivity contribution is 6.04. The minimum atomic E-state index is -0.718. The average Bonchev–Trinajstić information content (AvgIpc) is 2.71. The Morgan fingerprint density at radius 1 is 1.21 bits per heavy atom. The van der Waals surface area contributed by atoms with Gasteiger partial charge in [0.25, 0.3) is 17.2 Å². The largest absolute Gasteiger partial charge is 0.494 e. The van der Waals surface area contributed by atoms with Crippen LogP contribution in [0.15, 0.2) is 65.6 Å². The van der Waals surface area contributed by atoms with Gasteiger partial charge in [-0.25, -0.2) is 4.39 Å². The predicted octanol–water partition coefficient (Wildman–Crippen LogP) is 3.20. The Morgan fingerprint density at radius 3 is 2.66 bits per heavy atom. The molecule has 3 aromatic rings. The molecule has 3 rings (SSSR count). The van der Waals surface area contributed by atoms with E-state index in [1.807, 2.05) is 0 Å². The Hall–Kier alpha value is -4.01. The summed E-state index contributed by atoms with van der Waals surface area (Å²) < 4.78 is 20.2. The molecule has 0 saturated carbocycles. The lowest BCUT2D eigenvalue weighted by atomic mass is 10.2. The summed E-state index contributed by atoms with van der Waals surface area (Å²) in [5.74, 6) is -1.09. The third kappa shape index (κ3) is 4.29. The van der Waals surface area contributed by atoms with Crippen molar-refractivity contribution >= 4 is 17.3 Å². The van der Waals surface area contributed by atoms with Crippen LogP contribution < -0.4 is 15.6 Å². The average molecular weight is 397 g/mol. The maximum Gasteiger partial charge on any atom is 0.273 e. The van der Waals surface area contributed by atoms with Gasteiger partial charge in [-0.3, -0.25) is 19.7 Å². The fourth-order valence-corrected chi connectivity index (χ4v) is 2.73. The van der Waals surface area contributed by atoms with Gasteiger partial charge in [0, 0.05) is 17.8 Å². The van der Waals surface area contributed by atoms with Crippen molar-refractivity contribution in [1.82, 2.24) is 4.57 Å². The van der Waals surface area contributed by atoms with Crippen LogP contribution in [0.5, 0.6) is 5.75 Å². The first-order valence-electron chi connectivity index (χ1n) is 8.47. The third-order valence-electron chi connectivity index (χ3n) is 4.21. The molecule has 1 aromatic heterocycles. The molecule has 1 amide bonds. The third-order valence-corrected chi connectivity index (χ3v) is 4.21. The molecular formula is C20H16FN3O5. The minimum absolute atomic E-state index is 0.0342. The summed E-state index contributed by atoms with van der Waals surface area (Å²) in [5, 5.41) is 13.4. The number of methoxy groups -OCH3 is 1. The van der Waals surface area contributed by atoms with E-state index in [0.29, 0.717) is 5.56 Å². The number of aromatic nitrogens is 1. The number of amides is 1. The first-order valence-corrected chi connectivity index (χ1v) is 8.47. The molecule has 1 heterocycles. The van der Waals surface area contributed by atoms with E-state index in [4.69, 9.17) is 4.74 Å². The van der Waals surface area contributed by atoms with Crippen LogP contribution in [0.1, 0.15) is 15.9 Å². The predicted molar refractivity (Wildman–Crippen MR) is 104 cm³/mol. The molecule has 0 aliphatic heterocycles. The Balaban J connectivity index is 1.88. The summed E-state index contributed by atoms with van der Waals surface area (Å²) in [6.45, 7) is -0.0342. The van der Waals surface area contributed by atoms with Crippen molar-refractivity contribution in [3.63, 3.8) is 0 Å². The summed E-state index contributed by atoms with van der Waals surface area (Å²) in [6, 6.07) is 12.6. The molecule has 0 bridgehead atoms. The SMILES string of the molecule is COc1cc([N+](=O)[O-])ccc1NC(=O)c1cccn(Cc2ccccc2F)c1=O. The Labute approximate surface area is 164 Å².